The molecule has 11 heteroatoms. The number of fused-ring (bicyclic) bond motifs is 1. The molecule has 0 amide bonds. The summed E-state index contributed by atoms with van der Waals surface area (Å²) in [6.07, 6.45) is 4.73. The fourth-order valence-corrected chi connectivity index (χ4v) is 4.06. The second-order valence-corrected chi connectivity index (χ2v) is 8.52. The van der Waals surface area contributed by atoms with Crippen molar-refractivity contribution in [3.8, 4) is 11.8 Å². The lowest BCUT2D eigenvalue weighted by molar-refractivity contribution is 0.185. The summed E-state index contributed by atoms with van der Waals surface area (Å²) in [6, 6.07) is 10.5. The number of aliphatic hydroxyl groups is 1. The molecule has 4 aromatic rings. The molecule has 9 nitrogen and oxygen atoms in total. The average molecular weight is 515 g/mol. The average Bonchev–Trinajstić information content (AvgIpc) is 2.89. The molecule has 1 aliphatic rings. The molecule has 0 saturated carbocycles. The topological polar surface area (TPSA) is 125 Å². The zero-order valence-corrected chi connectivity index (χ0v) is 20.2. The molecule has 2 unspecified atom stereocenters. The third-order valence-electron chi connectivity index (χ3n) is 5.58. The number of nitrogen functional groups attached to an aromatic ring is 1. The molecule has 2 aromatic carbocycles. The maximum atomic E-state index is 14.0. The van der Waals surface area contributed by atoms with Crippen molar-refractivity contribution < 1.29 is 9.50 Å². The van der Waals surface area contributed by atoms with Gasteiger partial charge in [-0.3, -0.25) is 9.88 Å². The van der Waals surface area contributed by atoms with E-state index in [0.29, 0.717) is 44.9 Å². The maximum absolute atomic E-state index is 14.0. The standard InChI is InChI=1S/C26H20ClFN8O/c1-15(34-24-20(23(29)32-14-33-24)7-6-18-13-30-9-10-31-18)25-35-22-8-5-17(28)12-21(22)26(37)36(25)19-4-2-3-16(27)11-19/h2-5,8-15,26,37H,1H3,(H3,29,32,33,34). The number of aromatic nitrogens is 4. The quantitative estimate of drug-likeness (QED) is 0.348. The second kappa shape index (κ2) is 10.2. The van der Waals surface area contributed by atoms with Gasteiger partial charge in [-0.15, -0.1) is 0 Å². The highest BCUT2D eigenvalue weighted by Gasteiger charge is 2.33. The largest absolute Gasteiger partial charge is 0.382 e. The van der Waals surface area contributed by atoms with Crippen molar-refractivity contribution in [1.82, 2.24) is 19.9 Å². The highest BCUT2D eigenvalue weighted by molar-refractivity contribution is 6.31. The van der Waals surface area contributed by atoms with Crippen molar-refractivity contribution >= 4 is 40.4 Å². The first-order valence-corrected chi connectivity index (χ1v) is 11.5. The van der Waals surface area contributed by atoms with Crippen LogP contribution in [0.2, 0.25) is 5.02 Å². The Labute approximate surface area is 216 Å². The van der Waals surface area contributed by atoms with Crippen molar-refractivity contribution in [2.45, 2.75) is 19.2 Å². The van der Waals surface area contributed by atoms with Gasteiger partial charge in [0, 0.05) is 28.7 Å². The Bertz CT molecular complexity index is 1550. The van der Waals surface area contributed by atoms with Crippen molar-refractivity contribution in [2.75, 3.05) is 16.0 Å². The SMILES string of the molecule is CC(Nc1ncnc(N)c1C#Cc1cnccn1)C1=Nc2ccc(F)cc2C(O)N1c1cccc(Cl)c1. The highest BCUT2D eigenvalue weighted by atomic mass is 35.5. The molecule has 0 spiro atoms. The van der Waals surface area contributed by atoms with E-state index in [4.69, 9.17) is 22.3 Å². The number of rotatable bonds is 4. The van der Waals surface area contributed by atoms with Crippen molar-refractivity contribution in [1.29, 1.82) is 0 Å². The highest BCUT2D eigenvalue weighted by Crippen LogP contribution is 2.38. The summed E-state index contributed by atoms with van der Waals surface area (Å²) in [4.78, 5) is 22.9. The number of amidine groups is 1. The van der Waals surface area contributed by atoms with E-state index in [2.05, 4.69) is 37.1 Å². The number of nitrogens with two attached hydrogens (primary N) is 1. The van der Waals surface area contributed by atoms with Crippen LogP contribution in [0.5, 0.6) is 0 Å². The number of halogens is 2. The third kappa shape index (κ3) is 5.04. The van der Waals surface area contributed by atoms with Crippen LogP contribution in [0.1, 0.15) is 30.0 Å². The van der Waals surface area contributed by atoms with Gasteiger partial charge in [-0.1, -0.05) is 23.6 Å². The van der Waals surface area contributed by atoms with Crippen molar-refractivity contribution in [2.24, 2.45) is 4.99 Å². The van der Waals surface area contributed by atoms with Gasteiger partial charge in [0.05, 0.1) is 17.9 Å². The van der Waals surface area contributed by atoms with Gasteiger partial charge in [0.2, 0.25) is 0 Å². The molecule has 2 atom stereocenters. The van der Waals surface area contributed by atoms with Gasteiger partial charge in [-0.05, 0) is 49.2 Å². The van der Waals surface area contributed by atoms with Crippen LogP contribution in [0.3, 0.4) is 0 Å². The lowest BCUT2D eigenvalue weighted by Gasteiger charge is -2.37. The normalized spacial score (nSPS) is 15.2. The Hall–Kier alpha value is -4.59. The Morgan fingerprint density at radius 1 is 1.14 bits per heavy atom. The molecule has 0 aliphatic carbocycles. The molecule has 5 rings (SSSR count). The smallest absolute Gasteiger partial charge is 0.160 e. The minimum Gasteiger partial charge on any atom is -0.382 e. The van der Waals surface area contributed by atoms with E-state index in [9.17, 15) is 9.50 Å². The lowest BCUT2D eigenvalue weighted by Crippen LogP contribution is -2.45. The van der Waals surface area contributed by atoms with Gasteiger partial charge in [-0.25, -0.2) is 24.3 Å². The molecule has 2 aromatic heterocycles. The molecular weight excluding hydrogens is 495 g/mol. The van der Waals surface area contributed by atoms with Crippen LogP contribution in [0.4, 0.5) is 27.4 Å². The van der Waals surface area contributed by atoms with Crippen LogP contribution >= 0.6 is 11.6 Å². The van der Waals surface area contributed by atoms with Gasteiger partial charge in [0.15, 0.2) is 6.23 Å². The van der Waals surface area contributed by atoms with Crippen LogP contribution in [0.25, 0.3) is 0 Å². The van der Waals surface area contributed by atoms with Crippen molar-refractivity contribution in [3.05, 3.63) is 95.0 Å². The van der Waals surface area contributed by atoms with Crippen LogP contribution in [0, 0.1) is 17.7 Å². The van der Waals surface area contributed by atoms with Gasteiger partial charge in [0.1, 0.15) is 40.9 Å². The van der Waals surface area contributed by atoms with E-state index in [1.807, 2.05) is 6.92 Å². The molecule has 0 saturated heterocycles. The minimum atomic E-state index is -1.22. The second-order valence-electron chi connectivity index (χ2n) is 8.09. The predicted octanol–water partition coefficient (Wildman–Crippen LogP) is 4.08. The van der Waals surface area contributed by atoms with Gasteiger partial charge >= 0.3 is 0 Å². The number of benzene rings is 2. The Morgan fingerprint density at radius 3 is 2.78 bits per heavy atom. The van der Waals surface area contributed by atoms with Gasteiger partial charge < -0.3 is 16.2 Å². The molecular formula is C26H20ClFN8O. The first-order valence-electron chi connectivity index (χ1n) is 11.2. The van der Waals surface area contributed by atoms with Gasteiger partial charge in [-0.2, -0.15) is 0 Å². The van der Waals surface area contributed by atoms with Crippen LogP contribution in [-0.4, -0.2) is 36.9 Å². The van der Waals surface area contributed by atoms with E-state index >= 15 is 0 Å². The molecule has 1 aliphatic heterocycles. The summed E-state index contributed by atoms with van der Waals surface area (Å²) in [5, 5.41) is 15.1. The van der Waals surface area contributed by atoms with Gasteiger partial charge in [0.25, 0.3) is 0 Å². The maximum Gasteiger partial charge on any atom is 0.160 e. The Kier molecular flexibility index (Phi) is 6.64. The van der Waals surface area contributed by atoms with E-state index in [1.54, 1.807) is 35.4 Å². The monoisotopic (exact) mass is 514 g/mol. The number of aliphatic hydroxyl groups excluding tert-OH is 1. The number of nitrogens with one attached hydrogen (secondary N) is 1. The molecule has 0 fully saturated rings. The minimum absolute atomic E-state index is 0.180. The summed E-state index contributed by atoms with van der Waals surface area (Å²) in [5.74, 6) is 6.38. The molecule has 3 heterocycles. The fourth-order valence-electron chi connectivity index (χ4n) is 3.87. The van der Waals surface area contributed by atoms with E-state index in [-0.39, 0.29) is 5.82 Å². The molecule has 0 radical (unpaired) electrons. The van der Waals surface area contributed by atoms with Crippen LogP contribution in [0.15, 0.2) is 72.4 Å². The van der Waals surface area contributed by atoms with E-state index < -0.39 is 18.1 Å². The predicted molar refractivity (Wildman–Crippen MR) is 140 cm³/mol. The Balaban J connectivity index is 1.55. The lowest BCUT2D eigenvalue weighted by atomic mass is 10.0. The third-order valence-corrected chi connectivity index (χ3v) is 5.81. The summed E-state index contributed by atoms with van der Waals surface area (Å²) >= 11 is 6.24. The summed E-state index contributed by atoms with van der Waals surface area (Å²) in [6.45, 7) is 1.84. The molecule has 0 bridgehead atoms. The zero-order valence-electron chi connectivity index (χ0n) is 19.5. The number of nitrogens with zero attached hydrogens (tertiary/aromatic N) is 6. The molecule has 37 heavy (non-hydrogen) atoms. The van der Waals surface area contributed by atoms with Crippen LogP contribution < -0.4 is 16.0 Å². The first kappa shape index (κ1) is 24.1. The summed E-state index contributed by atoms with van der Waals surface area (Å²) < 4.78 is 14.0. The summed E-state index contributed by atoms with van der Waals surface area (Å²) in [5.41, 5.74) is 8.29. The number of anilines is 3. The number of hydrogen-bond donors (Lipinski definition) is 3. The summed E-state index contributed by atoms with van der Waals surface area (Å²) in [7, 11) is 0. The van der Waals surface area contributed by atoms with E-state index in [1.165, 1.54) is 36.9 Å². The zero-order chi connectivity index (χ0) is 25.9. The fraction of sp³-hybridized carbons (Fsp3) is 0.115. The molecule has 184 valence electrons. The van der Waals surface area contributed by atoms with E-state index in [0.717, 1.165) is 0 Å². The number of aliphatic imine (C=N–C) groups is 1. The Morgan fingerprint density at radius 2 is 2.00 bits per heavy atom. The first-order chi connectivity index (χ1) is 17.9. The van der Waals surface area contributed by atoms with Crippen LogP contribution in [-0.2, 0) is 0 Å². The van der Waals surface area contributed by atoms with Crippen molar-refractivity contribution in [3.63, 3.8) is 0 Å². The molecule has 4 N–H and O–H groups in total. The number of hydrogen-bond acceptors (Lipinski definition) is 9.